The minimum atomic E-state index is -3.12. The molecular formula is C12H16N2O2S. The predicted molar refractivity (Wildman–Crippen MR) is 66.1 cm³/mol. The molecule has 0 fully saturated rings. The number of benzene rings is 1. The van der Waals surface area contributed by atoms with E-state index in [9.17, 15) is 8.42 Å². The van der Waals surface area contributed by atoms with Crippen LogP contribution in [-0.4, -0.2) is 33.2 Å². The average Bonchev–Trinajstić information content (AvgIpc) is 2.26. The van der Waals surface area contributed by atoms with E-state index < -0.39 is 9.84 Å². The highest BCUT2D eigenvalue weighted by Gasteiger charge is 2.06. The first kappa shape index (κ1) is 13.7. The molecule has 0 saturated carbocycles. The molecule has 0 amide bonds. The first-order chi connectivity index (χ1) is 7.93. The molecular weight excluding hydrogens is 236 g/mol. The topological polar surface area (TPSA) is 61.2 Å². The first-order valence-corrected chi connectivity index (χ1v) is 7.17. The Labute approximate surface area is 102 Å². The Morgan fingerprint density at radius 1 is 1.29 bits per heavy atom. The molecule has 5 heteroatoms. The molecule has 0 aromatic heterocycles. The highest BCUT2D eigenvalue weighted by molar-refractivity contribution is 7.90. The summed E-state index contributed by atoms with van der Waals surface area (Å²) in [7, 11) is -1.19. The van der Waals surface area contributed by atoms with Gasteiger partial charge in [-0.05, 0) is 24.7 Å². The summed E-state index contributed by atoms with van der Waals surface area (Å²) in [6.07, 6.45) is 1.69. The maximum Gasteiger partial charge on any atom is 0.175 e. The Morgan fingerprint density at radius 2 is 1.88 bits per heavy atom. The van der Waals surface area contributed by atoms with Gasteiger partial charge < -0.3 is 4.90 Å². The van der Waals surface area contributed by atoms with Gasteiger partial charge in [0.05, 0.1) is 11.0 Å². The van der Waals surface area contributed by atoms with Crippen LogP contribution in [0.5, 0.6) is 0 Å². The molecule has 0 bridgehead atoms. The number of rotatable bonds is 5. The molecule has 1 rings (SSSR count). The second kappa shape index (κ2) is 5.80. The summed E-state index contributed by atoms with van der Waals surface area (Å²) < 4.78 is 22.5. The van der Waals surface area contributed by atoms with E-state index in [1.54, 1.807) is 24.3 Å². The number of hydrogen-bond donors (Lipinski definition) is 0. The van der Waals surface area contributed by atoms with Crippen molar-refractivity contribution < 1.29 is 8.42 Å². The van der Waals surface area contributed by atoms with Crippen molar-refractivity contribution >= 4 is 9.84 Å². The van der Waals surface area contributed by atoms with Gasteiger partial charge in [-0.1, -0.05) is 12.1 Å². The summed E-state index contributed by atoms with van der Waals surface area (Å²) in [6.45, 7) is 1.43. The Hall–Kier alpha value is -1.38. The smallest absolute Gasteiger partial charge is 0.175 e. The number of nitriles is 1. The van der Waals surface area contributed by atoms with Gasteiger partial charge in [0.1, 0.15) is 0 Å². The van der Waals surface area contributed by atoms with Crippen LogP contribution in [0, 0.1) is 11.3 Å². The summed E-state index contributed by atoms with van der Waals surface area (Å²) in [5.74, 6) is 0. The van der Waals surface area contributed by atoms with Crippen LogP contribution in [0.1, 0.15) is 12.0 Å². The van der Waals surface area contributed by atoms with Crippen molar-refractivity contribution in [2.45, 2.75) is 17.9 Å². The van der Waals surface area contributed by atoms with Crippen LogP contribution >= 0.6 is 0 Å². The molecule has 0 aliphatic heterocycles. The summed E-state index contributed by atoms with van der Waals surface area (Å²) in [6, 6.07) is 8.93. The van der Waals surface area contributed by atoms with Crippen molar-refractivity contribution in [1.29, 1.82) is 5.26 Å². The molecule has 0 atom stereocenters. The Kier molecular flexibility index (Phi) is 4.67. The van der Waals surface area contributed by atoms with Gasteiger partial charge in [0.2, 0.25) is 0 Å². The molecule has 4 nitrogen and oxygen atoms in total. The van der Waals surface area contributed by atoms with Gasteiger partial charge in [0, 0.05) is 25.8 Å². The molecule has 0 spiro atoms. The van der Waals surface area contributed by atoms with Crippen LogP contribution in [0.15, 0.2) is 29.2 Å². The van der Waals surface area contributed by atoms with Crippen molar-refractivity contribution in [2.75, 3.05) is 19.8 Å². The zero-order valence-corrected chi connectivity index (χ0v) is 10.9. The fraction of sp³-hybridized carbons (Fsp3) is 0.417. The zero-order chi connectivity index (χ0) is 12.9. The van der Waals surface area contributed by atoms with Crippen LogP contribution in [-0.2, 0) is 16.4 Å². The van der Waals surface area contributed by atoms with E-state index in [1.165, 1.54) is 6.26 Å². The summed E-state index contributed by atoms with van der Waals surface area (Å²) in [4.78, 5) is 2.36. The van der Waals surface area contributed by atoms with E-state index in [2.05, 4.69) is 6.07 Å². The summed E-state index contributed by atoms with van der Waals surface area (Å²) in [5.41, 5.74) is 1.04. The SMILES string of the molecule is CN(CCC#N)Cc1ccc(S(C)(=O)=O)cc1. The van der Waals surface area contributed by atoms with Crippen molar-refractivity contribution in [1.82, 2.24) is 4.90 Å². The van der Waals surface area contributed by atoms with Crippen LogP contribution in [0.4, 0.5) is 0 Å². The number of sulfone groups is 1. The molecule has 92 valence electrons. The zero-order valence-electron chi connectivity index (χ0n) is 10.0. The van der Waals surface area contributed by atoms with E-state index in [1.807, 2.05) is 11.9 Å². The molecule has 0 N–H and O–H groups in total. The quantitative estimate of drug-likeness (QED) is 0.795. The Morgan fingerprint density at radius 3 is 2.35 bits per heavy atom. The van der Waals surface area contributed by atoms with E-state index in [-0.39, 0.29) is 0 Å². The maximum absolute atomic E-state index is 11.3. The lowest BCUT2D eigenvalue weighted by molar-refractivity contribution is 0.335. The first-order valence-electron chi connectivity index (χ1n) is 5.28. The largest absolute Gasteiger partial charge is 0.301 e. The molecule has 1 aromatic carbocycles. The van der Waals surface area contributed by atoms with Gasteiger partial charge >= 0.3 is 0 Å². The third kappa shape index (κ3) is 4.55. The molecule has 0 radical (unpaired) electrons. The van der Waals surface area contributed by atoms with Crippen LogP contribution in [0.25, 0.3) is 0 Å². The standard InChI is InChI=1S/C12H16N2O2S/c1-14(9-3-8-13)10-11-4-6-12(7-5-11)17(2,15)16/h4-7H,3,9-10H2,1-2H3. The van der Waals surface area contributed by atoms with E-state index in [0.29, 0.717) is 24.4 Å². The Balaban J connectivity index is 2.66. The van der Waals surface area contributed by atoms with E-state index >= 15 is 0 Å². The van der Waals surface area contributed by atoms with Crippen LogP contribution in [0.3, 0.4) is 0 Å². The molecule has 0 saturated heterocycles. The number of nitrogens with zero attached hydrogens (tertiary/aromatic N) is 2. The van der Waals surface area contributed by atoms with Crippen molar-refractivity contribution in [3.8, 4) is 6.07 Å². The second-order valence-electron chi connectivity index (χ2n) is 4.06. The lowest BCUT2D eigenvalue weighted by Crippen LogP contribution is -2.18. The predicted octanol–water partition coefficient (Wildman–Crippen LogP) is 1.44. The van der Waals surface area contributed by atoms with Gasteiger partial charge in [0.15, 0.2) is 9.84 Å². The van der Waals surface area contributed by atoms with Crippen molar-refractivity contribution in [2.24, 2.45) is 0 Å². The van der Waals surface area contributed by atoms with Crippen LogP contribution in [0.2, 0.25) is 0 Å². The molecule has 17 heavy (non-hydrogen) atoms. The molecule has 0 unspecified atom stereocenters. The van der Waals surface area contributed by atoms with Gasteiger partial charge in [-0.3, -0.25) is 0 Å². The minimum Gasteiger partial charge on any atom is -0.301 e. The fourth-order valence-electron chi connectivity index (χ4n) is 1.47. The van der Waals surface area contributed by atoms with E-state index in [4.69, 9.17) is 5.26 Å². The monoisotopic (exact) mass is 252 g/mol. The Bertz CT molecular complexity index is 500. The normalized spacial score (nSPS) is 11.4. The van der Waals surface area contributed by atoms with Gasteiger partial charge in [-0.25, -0.2) is 8.42 Å². The van der Waals surface area contributed by atoms with Crippen molar-refractivity contribution in [3.63, 3.8) is 0 Å². The third-order valence-electron chi connectivity index (χ3n) is 2.41. The minimum absolute atomic E-state index is 0.334. The average molecular weight is 252 g/mol. The lowest BCUT2D eigenvalue weighted by Gasteiger charge is -2.14. The summed E-state index contributed by atoms with van der Waals surface area (Å²) in [5, 5.41) is 8.46. The fourth-order valence-corrected chi connectivity index (χ4v) is 2.10. The number of hydrogen-bond acceptors (Lipinski definition) is 4. The van der Waals surface area contributed by atoms with Crippen LogP contribution < -0.4 is 0 Å². The van der Waals surface area contributed by atoms with E-state index in [0.717, 1.165) is 5.56 Å². The molecule has 0 aliphatic carbocycles. The third-order valence-corrected chi connectivity index (χ3v) is 3.54. The maximum atomic E-state index is 11.3. The van der Waals surface area contributed by atoms with Gasteiger partial charge in [0.25, 0.3) is 0 Å². The van der Waals surface area contributed by atoms with Gasteiger partial charge in [-0.15, -0.1) is 0 Å². The highest BCUT2D eigenvalue weighted by Crippen LogP contribution is 2.11. The highest BCUT2D eigenvalue weighted by atomic mass is 32.2. The van der Waals surface area contributed by atoms with Crippen molar-refractivity contribution in [3.05, 3.63) is 29.8 Å². The molecule has 0 heterocycles. The second-order valence-corrected chi connectivity index (χ2v) is 6.08. The van der Waals surface area contributed by atoms with Gasteiger partial charge in [-0.2, -0.15) is 5.26 Å². The lowest BCUT2D eigenvalue weighted by atomic mass is 10.2. The molecule has 1 aromatic rings. The summed E-state index contributed by atoms with van der Waals surface area (Å²) >= 11 is 0. The molecule has 0 aliphatic rings.